The minimum absolute atomic E-state index is 0.0568. The van der Waals surface area contributed by atoms with Crippen molar-refractivity contribution < 1.29 is 19.1 Å². The van der Waals surface area contributed by atoms with Crippen LogP contribution in [0.15, 0.2) is 35.5 Å². The molecule has 31 heavy (non-hydrogen) atoms. The van der Waals surface area contributed by atoms with Crippen molar-refractivity contribution in [1.82, 2.24) is 10.2 Å². The van der Waals surface area contributed by atoms with Crippen LogP contribution in [-0.2, 0) is 14.3 Å². The lowest BCUT2D eigenvalue weighted by atomic mass is 9.84. The molecule has 2 unspecified atom stereocenters. The fraction of sp³-hybridized carbons (Fsp3) is 0.542. The first kappa shape index (κ1) is 24.4. The first-order valence-corrected chi connectivity index (χ1v) is 10.7. The van der Waals surface area contributed by atoms with Crippen LogP contribution in [-0.4, -0.2) is 36.5 Å². The molecular weight excluding hydrogens is 394 g/mol. The molecule has 0 aromatic heterocycles. The van der Waals surface area contributed by atoms with Crippen molar-refractivity contribution >= 4 is 23.6 Å². The summed E-state index contributed by atoms with van der Waals surface area (Å²) in [6, 6.07) is 6.25. The summed E-state index contributed by atoms with van der Waals surface area (Å²) < 4.78 is 5.22. The SMILES string of the molecule is CCOC(=O)C1=C(C)N(C)C(=O)NC1c1cccc(NC(=O)CC(C)CC(C)(C)C)c1. The Labute approximate surface area is 185 Å². The molecular formula is C24H35N3O4. The summed E-state index contributed by atoms with van der Waals surface area (Å²) >= 11 is 0. The quantitative estimate of drug-likeness (QED) is 0.619. The van der Waals surface area contributed by atoms with Crippen LogP contribution in [0.5, 0.6) is 0 Å². The van der Waals surface area contributed by atoms with E-state index in [1.54, 1.807) is 39.1 Å². The topological polar surface area (TPSA) is 87.7 Å². The summed E-state index contributed by atoms with van der Waals surface area (Å²) in [5.41, 5.74) is 2.41. The van der Waals surface area contributed by atoms with Gasteiger partial charge in [0.1, 0.15) is 0 Å². The van der Waals surface area contributed by atoms with Crippen molar-refractivity contribution in [3.63, 3.8) is 0 Å². The molecule has 2 rings (SSSR count). The number of nitrogens with one attached hydrogen (secondary N) is 2. The number of esters is 1. The highest BCUT2D eigenvalue weighted by Gasteiger charge is 2.35. The Kier molecular flexibility index (Phi) is 7.87. The average Bonchev–Trinajstić information content (AvgIpc) is 2.64. The molecule has 2 atom stereocenters. The fourth-order valence-corrected chi connectivity index (χ4v) is 4.00. The van der Waals surface area contributed by atoms with E-state index in [9.17, 15) is 14.4 Å². The molecule has 0 aliphatic carbocycles. The van der Waals surface area contributed by atoms with E-state index >= 15 is 0 Å². The number of carbonyl (C=O) groups excluding carboxylic acids is 3. The molecule has 7 heteroatoms. The largest absolute Gasteiger partial charge is 0.463 e. The average molecular weight is 430 g/mol. The van der Waals surface area contributed by atoms with Gasteiger partial charge in [0.2, 0.25) is 5.91 Å². The third-order valence-corrected chi connectivity index (χ3v) is 5.25. The molecule has 3 amide bonds. The number of hydrogen-bond acceptors (Lipinski definition) is 4. The Morgan fingerprint density at radius 3 is 2.58 bits per heavy atom. The number of amides is 3. The van der Waals surface area contributed by atoms with Gasteiger partial charge >= 0.3 is 12.0 Å². The van der Waals surface area contributed by atoms with Crippen molar-refractivity contribution in [2.24, 2.45) is 11.3 Å². The van der Waals surface area contributed by atoms with Crippen LogP contribution in [0.3, 0.4) is 0 Å². The molecule has 1 aliphatic rings. The van der Waals surface area contributed by atoms with Gasteiger partial charge in [-0.05, 0) is 49.3 Å². The molecule has 0 radical (unpaired) electrons. The number of carbonyl (C=O) groups is 3. The van der Waals surface area contributed by atoms with Gasteiger partial charge < -0.3 is 20.3 Å². The van der Waals surface area contributed by atoms with Gasteiger partial charge in [0.25, 0.3) is 0 Å². The van der Waals surface area contributed by atoms with Crippen LogP contribution in [0.25, 0.3) is 0 Å². The molecule has 0 fully saturated rings. The first-order valence-electron chi connectivity index (χ1n) is 10.7. The molecule has 2 N–H and O–H groups in total. The van der Waals surface area contributed by atoms with Crippen molar-refractivity contribution in [3.05, 3.63) is 41.1 Å². The lowest BCUT2D eigenvalue weighted by Gasteiger charge is -2.33. The second kappa shape index (κ2) is 9.98. The molecule has 1 aromatic rings. The van der Waals surface area contributed by atoms with Crippen LogP contribution in [0, 0.1) is 11.3 Å². The van der Waals surface area contributed by atoms with Crippen molar-refractivity contribution in [1.29, 1.82) is 0 Å². The van der Waals surface area contributed by atoms with Gasteiger partial charge in [-0.25, -0.2) is 9.59 Å². The molecule has 1 heterocycles. The van der Waals surface area contributed by atoms with Gasteiger partial charge in [0.05, 0.1) is 18.2 Å². The molecule has 1 aliphatic heterocycles. The molecule has 0 spiro atoms. The molecule has 7 nitrogen and oxygen atoms in total. The maximum Gasteiger partial charge on any atom is 0.338 e. The number of anilines is 1. The number of benzene rings is 1. The number of urea groups is 1. The minimum atomic E-state index is -0.653. The van der Waals surface area contributed by atoms with Crippen molar-refractivity contribution in [2.45, 2.75) is 60.4 Å². The van der Waals surface area contributed by atoms with Crippen molar-refractivity contribution in [2.75, 3.05) is 19.0 Å². The molecule has 0 saturated carbocycles. The standard InChI is InChI=1S/C24H35N3O4/c1-8-31-22(29)20-16(3)27(7)23(30)26-21(20)17-10-9-11-18(13-17)25-19(28)12-15(2)14-24(4,5)6/h9-11,13,15,21H,8,12,14H2,1-7H3,(H,25,28)(H,26,30). The van der Waals surface area contributed by atoms with Crippen LogP contribution in [0.2, 0.25) is 0 Å². The van der Waals surface area contributed by atoms with Gasteiger partial charge in [-0.1, -0.05) is 39.8 Å². The smallest absolute Gasteiger partial charge is 0.338 e. The highest BCUT2D eigenvalue weighted by atomic mass is 16.5. The third-order valence-electron chi connectivity index (χ3n) is 5.25. The van der Waals surface area contributed by atoms with Crippen molar-refractivity contribution in [3.8, 4) is 0 Å². The first-order chi connectivity index (χ1) is 14.4. The maximum atomic E-state index is 12.6. The fourth-order valence-electron chi connectivity index (χ4n) is 4.00. The second-order valence-corrected chi connectivity index (χ2v) is 9.41. The number of allylic oxidation sites excluding steroid dienone is 1. The van der Waals surface area contributed by atoms with E-state index < -0.39 is 12.0 Å². The Hall–Kier alpha value is -2.83. The van der Waals surface area contributed by atoms with Crippen LogP contribution >= 0.6 is 0 Å². The molecule has 0 saturated heterocycles. The Morgan fingerprint density at radius 1 is 1.29 bits per heavy atom. The molecule has 1 aromatic carbocycles. The lowest BCUT2D eigenvalue weighted by molar-refractivity contribution is -0.139. The predicted molar refractivity (Wildman–Crippen MR) is 121 cm³/mol. The summed E-state index contributed by atoms with van der Waals surface area (Å²) in [6.45, 7) is 12.3. The second-order valence-electron chi connectivity index (χ2n) is 9.41. The van der Waals surface area contributed by atoms with E-state index in [0.717, 1.165) is 6.42 Å². The van der Waals surface area contributed by atoms with Gasteiger partial charge in [-0.15, -0.1) is 0 Å². The predicted octanol–water partition coefficient (Wildman–Crippen LogP) is 4.62. The highest BCUT2D eigenvalue weighted by Crippen LogP contribution is 2.32. The van der Waals surface area contributed by atoms with Crippen LogP contribution < -0.4 is 10.6 Å². The van der Waals surface area contributed by atoms with E-state index in [2.05, 4.69) is 38.3 Å². The number of rotatable bonds is 7. The van der Waals surface area contributed by atoms with E-state index in [-0.39, 0.29) is 29.9 Å². The normalized spacial score (nSPS) is 17.8. The van der Waals surface area contributed by atoms with Gasteiger partial charge in [-0.2, -0.15) is 0 Å². The van der Waals surface area contributed by atoms with E-state index in [1.165, 1.54) is 4.90 Å². The summed E-state index contributed by atoms with van der Waals surface area (Å²) in [6.07, 6.45) is 1.38. The van der Waals surface area contributed by atoms with E-state index in [1.807, 2.05) is 6.07 Å². The lowest BCUT2D eigenvalue weighted by Crippen LogP contribution is -2.46. The molecule has 170 valence electrons. The van der Waals surface area contributed by atoms with Gasteiger partial charge in [-0.3, -0.25) is 4.79 Å². The monoisotopic (exact) mass is 429 g/mol. The van der Waals surface area contributed by atoms with E-state index in [4.69, 9.17) is 4.74 Å². The Balaban J connectivity index is 2.24. The minimum Gasteiger partial charge on any atom is -0.463 e. The number of ether oxygens (including phenoxy) is 1. The summed E-state index contributed by atoms with van der Waals surface area (Å²) in [5.74, 6) is -0.265. The van der Waals surface area contributed by atoms with Gasteiger partial charge in [0, 0.05) is 24.9 Å². The Bertz CT molecular complexity index is 870. The third kappa shape index (κ3) is 6.57. The highest BCUT2D eigenvalue weighted by molar-refractivity contribution is 5.95. The summed E-state index contributed by atoms with van der Waals surface area (Å²) in [4.78, 5) is 38.9. The number of hydrogen-bond donors (Lipinski definition) is 2. The maximum absolute atomic E-state index is 12.6. The van der Waals surface area contributed by atoms with E-state index in [0.29, 0.717) is 28.9 Å². The van der Waals surface area contributed by atoms with Gasteiger partial charge in [0.15, 0.2) is 0 Å². The Morgan fingerprint density at radius 2 is 1.97 bits per heavy atom. The van der Waals surface area contributed by atoms with Crippen LogP contribution in [0.4, 0.5) is 10.5 Å². The van der Waals surface area contributed by atoms with Crippen LogP contribution in [0.1, 0.15) is 66.0 Å². The zero-order valence-corrected chi connectivity index (χ0v) is 19.7. The zero-order valence-electron chi connectivity index (χ0n) is 19.7. The summed E-state index contributed by atoms with van der Waals surface area (Å²) in [5, 5.41) is 5.80. The summed E-state index contributed by atoms with van der Waals surface area (Å²) in [7, 11) is 1.61. The molecule has 0 bridgehead atoms. The number of nitrogens with zero attached hydrogens (tertiary/aromatic N) is 1. The zero-order chi connectivity index (χ0) is 23.3.